The first kappa shape index (κ1) is 24.2. The molecule has 7 nitrogen and oxygen atoms in total. The Kier molecular flexibility index (Phi) is 7.35. The van der Waals surface area contributed by atoms with Crippen molar-refractivity contribution in [1.82, 2.24) is 9.80 Å². The lowest BCUT2D eigenvalue weighted by atomic mass is 9.98. The Hall–Kier alpha value is -3.43. The number of aliphatic hydroxyl groups is 1. The fraction of sp³-hybridized carbons (Fsp3) is 0.292. The third kappa shape index (κ3) is 5.32. The molecule has 3 rings (SSSR count). The van der Waals surface area contributed by atoms with E-state index in [0.717, 1.165) is 17.7 Å². The van der Waals surface area contributed by atoms with E-state index in [1.54, 1.807) is 6.08 Å². The zero-order valence-electron chi connectivity index (χ0n) is 18.2. The monoisotopic (exact) mass is 457 g/mol. The lowest BCUT2D eigenvalue weighted by Gasteiger charge is -2.32. The number of carbonyl (C=O) groups is 3. The molecule has 2 aromatic rings. The van der Waals surface area contributed by atoms with Crippen LogP contribution in [0.5, 0.6) is 0 Å². The van der Waals surface area contributed by atoms with Gasteiger partial charge >= 0.3 is 0 Å². The molecular formula is C24H25F2N3O4. The molecule has 0 aromatic heterocycles. The first-order valence-electron chi connectivity index (χ1n) is 10.3. The Labute approximate surface area is 190 Å². The molecule has 1 heterocycles. The number of benzene rings is 2. The fourth-order valence-electron chi connectivity index (χ4n) is 3.72. The van der Waals surface area contributed by atoms with Crippen LogP contribution in [0.2, 0.25) is 0 Å². The molecule has 0 saturated heterocycles. The summed E-state index contributed by atoms with van der Waals surface area (Å²) >= 11 is 0. The molecule has 3 N–H and O–H groups in total. The van der Waals surface area contributed by atoms with E-state index in [1.807, 2.05) is 30.3 Å². The van der Waals surface area contributed by atoms with Crippen molar-refractivity contribution in [2.75, 3.05) is 13.6 Å². The molecule has 0 bridgehead atoms. The van der Waals surface area contributed by atoms with Gasteiger partial charge in [-0.3, -0.25) is 19.3 Å². The normalized spacial score (nSPS) is 20.2. The van der Waals surface area contributed by atoms with Crippen LogP contribution in [-0.4, -0.2) is 58.3 Å². The minimum atomic E-state index is -2.09. The van der Waals surface area contributed by atoms with Crippen molar-refractivity contribution in [3.8, 4) is 0 Å². The van der Waals surface area contributed by atoms with E-state index in [1.165, 1.54) is 24.9 Å². The number of carbonyl (C=O) groups excluding carboxylic acids is 3. The van der Waals surface area contributed by atoms with Gasteiger partial charge in [-0.1, -0.05) is 42.5 Å². The highest BCUT2D eigenvalue weighted by Gasteiger charge is 2.40. The van der Waals surface area contributed by atoms with Gasteiger partial charge in [-0.05, 0) is 30.2 Å². The van der Waals surface area contributed by atoms with Gasteiger partial charge in [-0.25, -0.2) is 8.78 Å². The molecule has 174 valence electrons. The van der Waals surface area contributed by atoms with Crippen LogP contribution in [0, 0.1) is 11.6 Å². The van der Waals surface area contributed by atoms with Crippen molar-refractivity contribution in [1.29, 1.82) is 0 Å². The Bertz CT molecular complexity index is 1050. The van der Waals surface area contributed by atoms with Crippen LogP contribution in [0.3, 0.4) is 0 Å². The van der Waals surface area contributed by atoms with Crippen LogP contribution in [0.15, 0.2) is 60.7 Å². The zero-order chi connectivity index (χ0) is 24.3. The number of likely N-dealkylation sites (N-methyl/N-ethyl adjacent to an activating group) is 1. The average Bonchev–Trinajstić information content (AvgIpc) is 2.92. The number of nitrogens with two attached hydrogens (primary N) is 1. The molecular weight excluding hydrogens is 432 g/mol. The zero-order valence-corrected chi connectivity index (χ0v) is 18.2. The molecule has 0 spiro atoms. The molecule has 0 fully saturated rings. The van der Waals surface area contributed by atoms with Crippen molar-refractivity contribution in [2.45, 2.75) is 31.0 Å². The lowest BCUT2D eigenvalue weighted by Crippen LogP contribution is -2.56. The highest BCUT2D eigenvalue weighted by atomic mass is 19.1. The van der Waals surface area contributed by atoms with Crippen molar-refractivity contribution in [2.24, 2.45) is 5.73 Å². The average molecular weight is 457 g/mol. The summed E-state index contributed by atoms with van der Waals surface area (Å²) in [6, 6.07) is 8.95. The molecule has 0 unspecified atom stereocenters. The third-order valence-corrected chi connectivity index (χ3v) is 5.43. The minimum Gasteiger partial charge on any atom is -0.378 e. The van der Waals surface area contributed by atoms with Crippen molar-refractivity contribution in [3.63, 3.8) is 0 Å². The smallest absolute Gasteiger partial charge is 0.263 e. The molecule has 1 aliphatic rings. The van der Waals surface area contributed by atoms with E-state index in [2.05, 4.69) is 0 Å². The Balaban J connectivity index is 2.00. The Morgan fingerprint density at radius 2 is 1.70 bits per heavy atom. The van der Waals surface area contributed by atoms with E-state index in [9.17, 15) is 28.3 Å². The van der Waals surface area contributed by atoms with E-state index >= 15 is 0 Å². The maximum atomic E-state index is 13.6. The molecule has 2 aromatic carbocycles. The number of aliphatic hydroxyl groups excluding tert-OH is 1. The first-order valence-corrected chi connectivity index (χ1v) is 10.3. The summed E-state index contributed by atoms with van der Waals surface area (Å²) in [6.07, 6.45) is 1.04. The second-order valence-electron chi connectivity index (χ2n) is 8.01. The topological polar surface area (TPSA) is 104 Å². The van der Waals surface area contributed by atoms with Crippen molar-refractivity contribution >= 4 is 17.7 Å². The van der Waals surface area contributed by atoms with Crippen LogP contribution < -0.4 is 5.73 Å². The van der Waals surface area contributed by atoms with Crippen LogP contribution in [-0.2, 0) is 14.4 Å². The molecule has 4 atom stereocenters. The Morgan fingerprint density at radius 3 is 2.27 bits per heavy atom. The maximum Gasteiger partial charge on any atom is 0.263 e. The van der Waals surface area contributed by atoms with Crippen LogP contribution >= 0.6 is 0 Å². The standard InChI is InChI=1S/C24H25F2N3O4/c1-14(27)22(31)29(24(33)21(30)17-10-18(25)12-19(26)11-17)20-9-8-16(13-28(2)23(20)32)15-6-4-3-5-7-15/h3-12,14,16,20-21,30H,13,27H2,1-2H3/t14-,16-,20-,21-/m0/s1. The number of halogens is 2. The van der Waals surface area contributed by atoms with Gasteiger partial charge in [0.05, 0.1) is 6.04 Å². The highest BCUT2D eigenvalue weighted by Crippen LogP contribution is 2.26. The predicted octanol–water partition coefficient (Wildman–Crippen LogP) is 1.88. The number of imide groups is 1. The largest absolute Gasteiger partial charge is 0.378 e. The highest BCUT2D eigenvalue weighted by molar-refractivity contribution is 6.04. The van der Waals surface area contributed by atoms with Gasteiger partial charge < -0.3 is 15.7 Å². The molecule has 1 aliphatic heterocycles. The minimum absolute atomic E-state index is 0.199. The predicted molar refractivity (Wildman–Crippen MR) is 117 cm³/mol. The molecule has 3 amide bonds. The van der Waals surface area contributed by atoms with Gasteiger partial charge in [-0.15, -0.1) is 0 Å². The molecule has 0 radical (unpaired) electrons. The number of hydrogen-bond acceptors (Lipinski definition) is 5. The Morgan fingerprint density at radius 1 is 1.09 bits per heavy atom. The van der Waals surface area contributed by atoms with E-state index in [4.69, 9.17) is 5.73 Å². The van der Waals surface area contributed by atoms with E-state index in [0.29, 0.717) is 17.5 Å². The van der Waals surface area contributed by atoms with Crippen molar-refractivity contribution in [3.05, 3.63) is 83.4 Å². The third-order valence-electron chi connectivity index (χ3n) is 5.43. The van der Waals surface area contributed by atoms with Gasteiger partial charge in [0.2, 0.25) is 11.8 Å². The van der Waals surface area contributed by atoms with Gasteiger partial charge in [0, 0.05) is 25.6 Å². The molecule has 33 heavy (non-hydrogen) atoms. The molecule has 0 saturated carbocycles. The number of hydrogen-bond donors (Lipinski definition) is 2. The number of nitrogens with zero attached hydrogens (tertiary/aromatic N) is 2. The van der Waals surface area contributed by atoms with Gasteiger partial charge in [0.15, 0.2) is 6.10 Å². The van der Waals surface area contributed by atoms with Crippen LogP contribution in [0.25, 0.3) is 0 Å². The summed E-state index contributed by atoms with van der Waals surface area (Å²) < 4.78 is 27.3. The van der Waals surface area contributed by atoms with Gasteiger partial charge in [0.25, 0.3) is 5.91 Å². The lowest BCUT2D eigenvalue weighted by molar-refractivity contribution is -0.158. The number of amides is 3. The maximum absolute atomic E-state index is 13.6. The van der Waals surface area contributed by atoms with Crippen molar-refractivity contribution < 1.29 is 28.3 Å². The summed E-state index contributed by atoms with van der Waals surface area (Å²) in [5.74, 6) is -4.89. The summed E-state index contributed by atoms with van der Waals surface area (Å²) in [5.41, 5.74) is 6.25. The van der Waals surface area contributed by atoms with Crippen LogP contribution in [0.1, 0.15) is 30.1 Å². The summed E-state index contributed by atoms with van der Waals surface area (Å²) in [6.45, 7) is 1.63. The van der Waals surface area contributed by atoms with Gasteiger partial charge in [0.1, 0.15) is 17.7 Å². The quantitative estimate of drug-likeness (QED) is 0.668. The molecule has 9 heteroatoms. The van der Waals surface area contributed by atoms with Gasteiger partial charge in [-0.2, -0.15) is 0 Å². The fourth-order valence-corrected chi connectivity index (χ4v) is 3.72. The molecule has 0 aliphatic carbocycles. The summed E-state index contributed by atoms with van der Waals surface area (Å²) in [5, 5.41) is 10.6. The van der Waals surface area contributed by atoms with E-state index < -0.39 is 47.5 Å². The summed E-state index contributed by atoms with van der Waals surface area (Å²) in [4.78, 5) is 41.2. The second-order valence-corrected chi connectivity index (χ2v) is 8.01. The summed E-state index contributed by atoms with van der Waals surface area (Å²) in [7, 11) is 1.54. The van der Waals surface area contributed by atoms with Crippen LogP contribution in [0.4, 0.5) is 8.78 Å². The first-order chi connectivity index (χ1) is 15.6. The SMILES string of the molecule is C[C@H](N)C(=O)N(C(=O)[C@@H](O)c1cc(F)cc(F)c1)[C@H]1C=C[C@H](c2ccccc2)CN(C)C1=O. The van der Waals surface area contributed by atoms with E-state index in [-0.39, 0.29) is 11.5 Å². The second kappa shape index (κ2) is 10.0. The number of rotatable bonds is 5.